The van der Waals surface area contributed by atoms with E-state index in [1.807, 2.05) is 4.90 Å². The lowest BCUT2D eigenvalue weighted by molar-refractivity contribution is 0.0695. The van der Waals surface area contributed by atoms with E-state index in [4.69, 9.17) is 0 Å². The Labute approximate surface area is 150 Å². The van der Waals surface area contributed by atoms with E-state index in [0.717, 1.165) is 44.8 Å². The number of nitrogens with zero attached hydrogens (tertiary/aromatic N) is 3. The van der Waals surface area contributed by atoms with Crippen molar-refractivity contribution >= 4 is 45.4 Å². The zero-order valence-corrected chi connectivity index (χ0v) is 14.9. The maximum absolute atomic E-state index is 14.5. The first kappa shape index (κ1) is 15.8. The number of carboxylic acid groups (broad SMARTS) is 1. The zero-order chi connectivity index (χ0) is 17.1. The highest BCUT2D eigenvalue weighted by atomic mass is 127. The molecule has 126 valence electrons. The smallest absolute Gasteiger partial charge is 0.341 e. The Kier molecular flexibility index (Phi) is 3.55. The highest BCUT2D eigenvalue weighted by molar-refractivity contribution is 14.1. The summed E-state index contributed by atoms with van der Waals surface area (Å²) in [4.78, 5) is 30.1. The van der Waals surface area contributed by atoms with Crippen molar-refractivity contribution in [3.05, 3.63) is 33.9 Å². The minimum atomic E-state index is -1.31. The molecule has 1 saturated carbocycles. The summed E-state index contributed by atoms with van der Waals surface area (Å²) in [5.74, 6) is -1.63. The molecule has 0 amide bonds. The van der Waals surface area contributed by atoms with Gasteiger partial charge in [-0.2, -0.15) is 0 Å². The van der Waals surface area contributed by atoms with E-state index in [2.05, 4.69) is 27.6 Å². The van der Waals surface area contributed by atoms with E-state index in [1.54, 1.807) is 4.57 Å². The molecule has 1 saturated heterocycles. The predicted octanol–water partition coefficient (Wildman–Crippen LogP) is 2.72. The van der Waals surface area contributed by atoms with Crippen molar-refractivity contribution in [1.29, 1.82) is 0 Å². The van der Waals surface area contributed by atoms with Crippen molar-refractivity contribution in [3.63, 3.8) is 0 Å². The normalized spacial score (nSPS) is 19.0. The summed E-state index contributed by atoms with van der Waals surface area (Å²) >= 11 is 2.24. The van der Waals surface area contributed by atoms with Crippen molar-refractivity contribution in [3.8, 4) is 0 Å². The van der Waals surface area contributed by atoms with Crippen LogP contribution in [0.3, 0.4) is 0 Å². The Hall–Kier alpha value is -1.71. The second kappa shape index (κ2) is 5.40. The molecule has 1 N–H and O–H groups in total. The molecule has 1 aliphatic heterocycles. The molecule has 1 aliphatic carbocycles. The molecule has 0 radical (unpaired) electrons. The number of pyridine rings is 2. The van der Waals surface area contributed by atoms with Crippen molar-refractivity contribution in [2.24, 2.45) is 0 Å². The Balaban J connectivity index is 2.03. The van der Waals surface area contributed by atoms with Gasteiger partial charge in [-0.25, -0.2) is 14.2 Å². The van der Waals surface area contributed by atoms with Gasteiger partial charge in [0.15, 0.2) is 11.6 Å². The highest BCUT2D eigenvalue weighted by Crippen LogP contribution is 2.51. The molecule has 24 heavy (non-hydrogen) atoms. The molecule has 4 rings (SSSR count). The van der Waals surface area contributed by atoms with Gasteiger partial charge >= 0.3 is 5.97 Å². The average molecular weight is 443 g/mol. The van der Waals surface area contributed by atoms with Crippen LogP contribution in [0.1, 0.15) is 36.0 Å². The summed E-state index contributed by atoms with van der Waals surface area (Å²) in [7, 11) is 0. The molecule has 2 aliphatic rings. The van der Waals surface area contributed by atoms with Crippen molar-refractivity contribution in [2.45, 2.75) is 29.2 Å². The number of alkyl halides is 1. The van der Waals surface area contributed by atoms with Gasteiger partial charge in [-0.1, -0.05) is 22.6 Å². The number of anilines is 1. The molecule has 2 aromatic heterocycles. The van der Waals surface area contributed by atoms with Gasteiger partial charge in [0.1, 0.15) is 11.2 Å². The van der Waals surface area contributed by atoms with E-state index in [0.29, 0.717) is 5.65 Å². The predicted molar refractivity (Wildman–Crippen MR) is 95.6 cm³/mol. The Morgan fingerprint density at radius 1 is 1.33 bits per heavy atom. The van der Waals surface area contributed by atoms with Gasteiger partial charge in [-0.15, -0.1) is 0 Å². The third-order valence-electron chi connectivity index (χ3n) is 4.64. The van der Waals surface area contributed by atoms with Gasteiger partial charge in [0, 0.05) is 19.3 Å². The van der Waals surface area contributed by atoms with E-state index in [1.165, 1.54) is 6.20 Å². The monoisotopic (exact) mass is 443 g/mol. The van der Waals surface area contributed by atoms with Crippen molar-refractivity contribution in [1.82, 2.24) is 9.55 Å². The summed E-state index contributed by atoms with van der Waals surface area (Å²) in [5.41, 5.74) is -0.672. The first-order valence-electron chi connectivity index (χ1n) is 7.84. The first-order valence-corrected chi connectivity index (χ1v) is 8.92. The number of hydrogen-bond acceptors (Lipinski definition) is 4. The molecule has 2 aromatic rings. The third kappa shape index (κ3) is 2.38. The number of fused-ring (bicyclic) bond motifs is 1. The average Bonchev–Trinajstić information content (AvgIpc) is 3.07. The molecule has 0 unspecified atom stereocenters. The fraction of sp³-hybridized carbons (Fsp3) is 0.438. The van der Waals surface area contributed by atoms with E-state index in [-0.39, 0.29) is 20.3 Å². The second-order valence-corrected chi connectivity index (χ2v) is 8.33. The topological polar surface area (TPSA) is 75.4 Å². The Morgan fingerprint density at radius 2 is 2.00 bits per heavy atom. The number of aromatic carboxylic acids is 1. The highest BCUT2D eigenvalue weighted by Gasteiger charge is 2.43. The van der Waals surface area contributed by atoms with Gasteiger partial charge in [-0.05, 0) is 31.7 Å². The molecule has 0 bridgehead atoms. The van der Waals surface area contributed by atoms with Crippen LogP contribution in [0.5, 0.6) is 0 Å². The molecule has 6 nitrogen and oxygen atoms in total. The first-order chi connectivity index (χ1) is 11.4. The lowest BCUT2D eigenvalue weighted by atomic mass is 10.2. The van der Waals surface area contributed by atoms with Crippen LogP contribution < -0.4 is 10.3 Å². The molecular weight excluding hydrogens is 428 g/mol. The largest absolute Gasteiger partial charge is 0.477 e. The van der Waals surface area contributed by atoms with Gasteiger partial charge in [-0.3, -0.25) is 4.79 Å². The number of halogens is 2. The standard InChI is InChI=1S/C16H15FIN3O3/c17-11-7-9-12(22)10(15(23)24)8-21(16(18)3-4-16)13(9)19-14(11)20-5-1-2-6-20/h7-8H,1-6H2,(H,23,24). The van der Waals surface area contributed by atoms with Gasteiger partial charge in [0.25, 0.3) is 0 Å². The molecule has 0 spiro atoms. The van der Waals surface area contributed by atoms with E-state index >= 15 is 0 Å². The molecule has 0 aromatic carbocycles. The lowest BCUT2D eigenvalue weighted by Crippen LogP contribution is -2.25. The van der Waals surface area contributed by atoms with Gasteiger partial charge in [0.05, 0.1) is 8.93 Å². The Bertz CT molecular complexity index is 917. The lowest BCUT2D eigenvalue weighted by Gasteiger charge is -2.21. The van der Waals surface area contributed by atoms with Crippen molar-refractivity contribution < 1.29 is 14.3 Å². The maximum atomic E-state index is 14.5. The minimum absolute atomic E-state index is 0.0262. The van der Waals surface area contributed by atoms with E-state index < -0.39 is 17.2 Å². The number of hydrogen-bond donors (Lipinski definition) is 1. The fourth-order valence-corrected chi connectivity index (χ4v) is 3.80. The summed E-state index contributed by atoms with van der Waals surface area (Å²) in [6, 6.07) is 1.14. The van der Waals surface area contributed by atoms with Crippen LogP contribution in [0.4, 0.5) is 10.2 Å². The quantitative estimate of drug-likeness (QED) is 0.584. The summed E-state index contributed by atoms with van der Waals surface area (Å²) < 4.78 is 16.0. The van der Waals surface area contributed by atoms with Crippen LogP contribution in [0.25, 0.3) is 11.0 Å². The van der Waals surface area contributed by atoms with Crippen molar-refractivity contribution in [2.75, 3.05) is 18.0 Å². The van der Waals surface area contributed by atoms with Gasteiger partial charge in [0.2, 0.25) is 5.43 Å². The van der Waals surface area contributed by atoms with Crippen LogP contribution in [0.15, 0.2) is 17.1 Å². The Morgan fingerprint density at radius 3 is 2.58 bits per heavy atom. The number of carboxylic acids is 1. The van der Waals surface area contributed by atoms with Crippen LogP contribution in [-0.2, 0) is 3.55 Å². The van der Waals surface area contributed by atoms with Crippen LogP contribution in [0.2, 0.25) is 0 Å². The number of rotatable bonds is 3. The summed E-state index contributed by atoms with van der Waals surface area (Å²) in [5, 5.41) is 9.32. The number of aromatic nitrogens is 2. The minimum Gasteiger partial charge on any atom is -0.477 e. The molecule has 8 heteroatoms. The van der Waals surface area contributed by atoms with Gasteiger partial charge < -0.3 is 14.6 Å². The summed E-state index contributed by atoms with van der Waals surface area (Å²) in [6.07, 6.45) is 5.05. The van der Waals surface area contributed by atoms with E-state index in [9.17, 15) is 19.1 Å². The molecule has 2 fully saturated rings. The van der Waals surface area contributed by atoms with Crippen LogP contribution in [0, 0.1) is 5.82 Å². The summed E-state index contributed by atoms with van der Waals surface area (Å²) in [6.45, 7) is 1.48. The third-order valence-corrected chi connectivity index (χ3v) is 6.24. The number of carbonyl (C=O) groups is 1. The molecule has 0 atom stereocenters. The molecule has 3 heterocycles. The van der Waals surface area contributed by atoms with Crippen LogP contribution in [-0.4, -0.2) is 33.7 Å². The van der Waals surface area contributed by atoms with Crippen LogP contribution >= 0.6 is 22.6 Å². The maximum Gasteiger partial charge on any atom is 0.341 e. The molecular formula is C16H15FIN3O3. The zero-order valence-electron chi connectivity index (χ0n) is 12.8. The SMILES string of the molecule is O=C(O)c1cn(C2(I)CC2)c2nc(N3CCCC3)c(F)cc2c1=O. The second-order valence-electron chi connectivity index (χ2n) is 6.32. The fourth-order valence-electron chi connectivity index (χ4n) is 3.17.